The fraction of sp³-hybridized carbons (Fsp3) is 0.833. The van der Waals surface area contributed by atoms with E-state index in [-0.39, 0.29) is 34.1 Å². The van der Waals surface area contributed by atoms with E-state index < -0.39 is 9.84 Å². The number of carbonyl (C=O) groups excluding carboxylic acids is 1. The molecule has 0 aromatic rings. The average molecular weight is 304 g/mol. The third-order valence-electron chi connectivity index (χ3n) is 3.23. The third kappa shape index (κ3) is 3.51. The van der Waals surface area contributed by atoms with Gasteiger partial charge in [0.25, 0.3) is 0 Å². The van der Waals surface area contributed by atoms with Crippen molar-refractivity contribution < 1.29 is 13.2 Å². The molecule has 2 atom stereocenters. The van der Waals surface area contributed by atoms with E-state index in [0.717, 1.165) is 0 Å². The Morgan fingerprint density at radius 3 is 2.58 bits per heavy atom. The Morgan fingerprint density at radius 1 is 1.42 bits per heavy atom. The van der Waals surface area contributed by atoms with Crippen LogP contribution >= 0.6 is 11.8 Å². The first-order chi connectivity index (χ1) is 8.57. The molecular weight excluding hydrogens is 284 g/mol. The van der Waals surface area contributed by atoms with Gasteiger partial charge in [0.1, 0.15) is 0 Å². The number of hydrogen-bond acceptors (Lipinski definition) is 4. The van der Waals surface area contributed by atoms with Crippen LogP contribution in [0.4, 0.5) is 0 Å². The van der Waals surface area contributed by atoms with E-state index in [1.807, 2.05) is 32.7 Å². The van der Waals surface area contributed by atoms with Crippen molar-refractivity contribution in [3.8, 4) is 0 Å². The number of amides is 1. The molecule has 0 aromatic heterocycles. The highest BCUT2D eigenvalue weighted by atomic mass is 32.2. The number of fused-ring (bicyclic) bond motifs is 1. The Kier molecular flexibility index (Phi) is 3.72. The molecule has 2 fully saturated rings. The smallest absolute Gasteiger partial charge is 0.248 e. The minimum Gasteiger partial charge on any atom is -0.349 e. The topological polar surface area (TPSA) is 66.8 Å². The highest BCUT2D eigenvalue weighted by Crippen LogP contribution is 2.37. The van der Waals surface area contributed by atoms with Gasteiger partial charge in [0.05, 0.1) is 17.5 Å². The molecule has 2 saturated heterocycles. The molecule has 0 saturated carbocycles. The number of rotatable bonds is 1. The van der Waals surface area contributed by atoms with E-state index in [0.29, 0.717) is 11.6 Å². The van der Waals surface area contributed by atoms with Crippen LogP contribution in [0.2, 0.25) is 0 Å². The van der Waals surface area contributed by atoms with E-state index in [4.69, 9.17) is 0 Å². The van der Waals surface area contributed by atoms with Crippen LogP contribution in [0.5, 0.6) is 0 Å². The summed E-state index contributed by atoms with van der Waals surface area (Å²) in [7, 11) is -1.10. The molecule has 5 nitrogen and oxygen atoms in total. The number of aliphatic imine (C=N–C) groups is 1. The van der Waals surface area contributed by atoms with Crippen molar-refractivity contribution in [2.24, 2.45) is 10.4 Å². The molecule has 0 bridgehead atoms. The lowest BCUT2D eigenvalue weighted by Crippen LogP contribution is -2.34. The molecule has 7 heteroatoms. The second-order valence-corrected chi connectivity index (χ2v) is 9.80. The Labute approximate surface area is 118 Å². The van der Waals surface area contributed by atoms with Crippen LogP contribution in [0.15, 0.2) is 4.99 Å². The van der Waals surface area contributed by atoms with Gasteiger partial charge in [0.2, 0.25) is 5.91 Å². The zero-order valence-electron chi connectivity index (χ0n) is 11.7. The molecular formula is C12H20N2O3S2. The molecule has 1 amide bonds. The summed E-state index contributed by atoms with van der Waals surface area (Å²) in [5.74, 6) is 0.233. The Bertz CT molecular complexity index is 520. The predicted molar refractivity (Wildman–Crippen MR) is 78.1 cm³/mol. The summed E-state index contributed by atoms with van der Waals surface area (Å²) in [4.78, 5) is 17.9. The average Bonchev–Trinajstić information content (AvgIpc) is 2.60. The number of nitrogens with zero attached hydrogens (tertiary/aromatic N) is 2. The largest absolute Gasteiger partial charge is 0.349 e. The van der Waals surface area contributed by atoms with Gasteiger partial charge in [-0.3, -0.25) is 4.79 Å². The lowest BCUT2D eigenvalue weighted by molar-refractivity contribution is -0.119. The van der Waals surface area contributed by atoms with E-state index in [9.17, 15) is 13.2 Å². The van der Waals surface area contributed by atoms with Crippen LogP contribution in [-0.4, -0.2) is 54.2 Å². The number of sulfone groups is 1. The van der Waals surface area contributed by atoms with Crippen molar-refractivity contribution in [1.29, 1.82) is 0 Å². The van der Waals surface area contributed by atoms with Crippen LogP contribution in [-0.2, 0) is 14.6 Å². The van der Waals surface area contributed by atoms with Gasteiger partial charge in [-0.15, -0.1) is 0 Å². The van der Waals surface area contributed by atoms with Crippen molar-refractivity contribution in [1.82, 2.24) is 4.90 Å². The summed E-state index contributed by atoms with van der Waals surface area (Å²) in [5.41, 5.74) is -0.0812. The van der Waals surface area contributed by atoms with E-state index in [2.05, 4.69) is 4.99 Å². The molecule has 0 spiro atoms. The fourth-order valence-corrected chi connectivity index (χ4v) is 6.35. The summed E-state index contributed by atoms with van der Waals surface area (Å²) in [6.45, 7) is 5.99. The summed E-state index contributed by atoms with van der Waals surface area (Å²) < 4.78 is 23.1. The maximum atomic E-state index is 11.9. The van der Waals surface area contributed by atoms with Gasteiger partial charge >= 0.3 is 0 Å². The lowest BCUT2D eigenvalue weighted by Gasteiger charge is -2.19. The summed E-state index contributed by atoms with van der Waals surface area (Å²) in [5, 5.41) is 0.690. The first kappa shape index (κ1) is 14.8. The van der Waals surface area contributed by atoms with E-state index in [1.165, 1.54) is 11.8 Å². The highest BCUT2D eigenvalue weighted by Gasteiger charge is 2.47. The minimum atomic E-state index is -2.92. The summed E-state index contributed by atoms with van der Waals surface area (Å²) in [6, 6.07) is -0.0313. The molecule has 2 heterocycles. The predicted octanol–water partition coefficient (Wildman–Crippen LogP) is 1.15. The first-order valence-electron chi connectivity index (χ1n) is 6.29. The first-order valence-corrected chi connectivity index (χ1v) is 8.99. The quantitative estimate of drug-likeness (QED) is 0.727. The molecule has 0 radical (unpaired) electrons. The second-order valence-electron chi connectivity index (χ2n) is 6.44. The maximum Gasteiger partial charge on any atom is 0.248 e. The van der Waals surface area contributed by atoms with Crippen LogP contribution in [0.1, 0.15) is 27.2 Å². The molecule has 19 heavy (non-hydrogen) atoms. The number of thioether (sulfide) groups is 1. The minimum absolute atomic E-state index is 0.0242. The zero-order valence-corrected chi connectivity index (χ0v) is 13.3. The standard InChI is InChI=1S/C12H20N2O3S2/c1-12(2,3)5-10(15)13-11-14(4)8-6-19(16,17)7-9(8)18-11/h8-9H,5-7H2,1-4H3/t8-,9+/m1/s1. The second kappa shape index (κ2) is 4.77. The lowest BCUT2D eigenvalue weighted by atomic mass is 9.92. The van der Waals surface area contributed by atoms with Gasteiger partial charge in [-0.05, 0) is 5.41 Å². The number of hydrogen-bond donors (Lipinski definition) is 0. The highest BCUT2D eigenvalue weighted by molar-refractivity contribution is 8.15. The van der Waals surface area contributed by atoms with Gasteiger partial charge in [0.15, 0.2) is 15.0 Å². The molecule has 0 N–H and O–H groups in total. The molecule has 2 aliphatic heterocycles. The fourth-order valence-electron chi connectivity index (χ4n) is 2.34. The monoisotopic (exact) mass is 304 g/mol. The van der Waals surface area contributed by atoms with Gasteiger partial charge in [-0.2, -0.15) is 4.99 Å². The zero-order chi connectivity index (χ0) is 14.4. The summed E-state index contributed by atoms with van der Waals surface area (Å²) >= 11 is 1.42. The summed E-state index contributed by atoms with van der Waals surface area (Å²) in [6.07, 6.45) is 0.401. The molecule has 0 unspecified atom stereocenters. The van der Waals surface area contributed by atoms with Crippen molar-refractivity contribution in [3.63, 3.8) is 0 Å². The van der Waals surface area contributed by atoms with Crippen molar-refractivity contribution in [2.45, 2.75) is 38.5 Å². The molecule has 2 aliphatic rings. The van der Waals surface area contributed by atoms with Crippen LogP contribution in [0.3, 0.4) is 0 Å². The number of carbonyl (C=O) groups is 1. The van der Waals surface area contributed by atoms with Crippen molar-refractivity contribution in [2.75, 3.05) is 18.6 Å². The van der Waals surface area contributed by atoms with E-state index in [1.54, 1.807) is 0 Å². The molecule has 2 rings (SSSR count). The SMILES string of the molecule is CN1C(=NC(=O)CC(C)(C)C)S[C@H]2CS(=O)(=O)C[C@H]21. The van der Waals surface area contributed by atoms with Gasteiger partial charge in [0, 0.05) is 18.7 Å². The third-order valence-corrected chi connectivity index (χ3v) is 6.53. The van der Waals surface area contributed by atoms with Crippen molar-refractivity contribution >= 4 is 32.7 Å². The Morgan fingerprint density at radius 2 is 2.05 bits per heavy atom. The van der Waals surface area contributed by atoms with Gasteiger partial charge in [-0.1, -0.05) is 32.5 Å². The van der Waals surface area contributed by atoms with Crippen LogP contribution in [0, 0.1) is 5.41 Å². The maximum absolute atomic E-state index is 11.9. The van der Waals surface area contributed by atoms with Gasteiger partial charge < -0.3 is 4.90 Å². The Hall–Kier alpha value is -0.560. The molecule has 0 aliphatic carbocycles. The molecule has 0 aromatic carbocycles. The number of amidine groups is 1. The normalized spacial score (nSPS) is 31.8. The molecule has 108 valence electrons. The van der Waals surface area contributed by atoms with Crippen LogP contribution in [0.25, 0.3) is 0 Å². The van der Waals surface area contributed by atoms with Crippen LogP contribution < -0.4 is 0 Å². The Balaban J connectivity index is 2.08. The van der Waals surface area contributed by atoms with Gasteiger partial charge in [-0.25, -0.2) is 8.42 Å². The van der Waals surface area contributed by atoms with Crippen molar-refractivity contribution in [3.05, 3.63) is 0 Å². The van der Waals surface area contributed by atoms with E-state index >= 15 is 0 Å².